The van der Waals surface area contributed by atoms with E-state index in [1.165, 1.54) is 43.4 Å². The lowest BCUT2D eigenvalue weighted by molar-refractivity contribution is 1.02. The molecule has 1 aromatic heterocycles. The molecule has 0 spiro atoms. The number of aromatic nitrogens is 1. The second-order valence-corrected chi connectivity index (χ2v) is 6.47. The molecular formula is C21H14ClN. The molecule has 5 aromatic rings. The van der Waals surface area contributed by atoms with Gasteiger partial charge in [0.1, 0.15) is 0 Å². The molecule has 2 heteroatoms. The zero-order valence-electron chi connectivity index (χ0n) is 12.7. The fraction of sp³-hybridized carbons (Fsp3) is 0.0476. The first-order chi connectivity index (χ1) is 11.3. The van der Waals surface area contributed by atoms with Crippen molar-refractivity contribution in [3.05, 3.63) is 71.8 Å². The second kappa shape index (κ2) is 4.50. The minimum atomic E-state index is 0.780. The highest BCUT2D eigenvalue weighted by molar-refractivity contribution is 6.34. The number of aryl methyl sites for hydroxylation is 1. The minimum absolute atomic E-state index is 0.780. The van der Waals surface area contributed by atoms with Crippen LogP contribution in [0, 0.1) is 0 Å². The average molecular weight is 316 g/mol. The third-order valence-electron chi connectivity index (χ3n) is 4.83. The second-order valence-electron chi connectivity index (χ2n) is 6.04. The van der Waals surface area contributed by atoms with E-state index in [2.05, 4.69) is 72.3 Å². The van der Waals surface area contributed by atoms with E-state index in [1.54, 1.807) is 0 Å². The van der Waals surface area contributed by atoms with Crippen LogP contribution >= 0.6 is 11.6 Å². The van der Waals surface area contributed by atoms with Crippen LogP contribution < -0.4 is 0 Å². The normalized spacial score (nSPS) is 11.9. The van der Waals surface area contributed by atoms with E-state index < -0.39 is 0 Å². The van der Waals surface area contributed by atoms with Gasteiger partial charge in [-0.25, -0.2) is 0 Å². The Balaban J connectivity index is 2.26. The molecule has 0 unspecified atom stereocenters. The summed E-state index contributed by atoms with van der Waals surface area (Å²) in [6.07, 6.45) is 0. The van der Waals surface area contributed by atoms with Crippen molar-refractivity contribution in [2.45, 2.75) is 0 Å². The minimum Gasteiger partial charge on any atom is -0.343 e. The van der Waals surface area contributed by atoms with Crippen molar-refractivity contribution < 1.29 is 0 Å². The van der Waals surface area contributed by atoms with Gasteiger partial charge in [-0.15, -0.1) is 0 Å². The highest BCUT2D eigenvalue weighted by Gasteiger charge is 2.15. The summed E-state index contributed by atoms with van der Waals surface area (Å²) in [5.74, 6) is 0. The zero-order valence-corrected chi connectivity index (χ0v) is 13.4. The molecule has 0 radical (unpaired) electrons. The van der Waals surface area contributed by atoms with E-state index in [-0.39, 0.29) is 0 Å². The van der Waals surface area contributed by atoms with E-state index in [0.717, 1.165) is 5.02 Å². The van der Waals surface area contributed by atoms with Gasteiger partial charge in [-0.2, -0.15) is 0 Å². The van der Waals surface area contributed by atoms with Crippen LogP contribution in [0.15, 0.2) is 66.7 Å². The molecule has 0 bridgehead atoms. The predicted molar refractivity (Wildman–Crippen MR) is 100 cm³/mol. The first kappa shape index (κ1) is 13.0. The molecule has 0 saturated carbocycles. The van der Waals surface area contributed by atoms with E-state index in [4.69, 9.17) is 11.6 Å². The van der Waals surface area contributed by atoms with Crippen LogP contribution in [-0.4, -0.2) is 4.57 Å². The summed E-state index contributed by atoms with van der Waals surface area (Å²) in [6.45, 7) is 0. The molecule has 1 heterocycles. The van der Waals surface area contributed by atoms with Gasteiger partial charge in [-0.05, 0) is 34.4 Å². The van der Waals surface area contributed by atoms with Crippen LogP contribution in [-0.2, 0) is 7.05 Å². The monoisotopic (exact) mass is 315 g/mol. The third kappa shape index (κ3) is 1.63. The Kier molecular flexibility index (Phi) is 2.54. The number of hydrogen-bond acceptors (Lipinski definition) is 0. The van der Waals surface area contributed by atoms with Crippen LogP contribution in [0.1, 0.15) is 0 Å². The van der Waals surface area contributed by atoms with Gasteiger partial charge < -0.3 is 4.57 Å². The topological polar surface area (TPSA) is 4.93 Å². The van der Waals surface area contributed by atoms with Gasteiger partial charge in [0, 0.05) is 33.7 Å². The van der Waals surface area contributed by atoms with Crippen molar-refractivity contribution >= 4 is 55.0 Å². The quantitative estimate of drug-likeness (QED) is 0.296. The van der Waals surface area contributed by atoms with Crippen LogP contribution in [0.4, 0.5) is 0 Å². The largest absolute Gasteiger partial charge is 0.343 e. The predicted octanol–water partition coefficient (Wildman–Crippen LogP) is 6.29. The molecule has 0 atom stereocenters. The van der Waals surface area contributed by atoms with E-state index >= 15 is 0 Å². The first-order valence-corrected chi connectivity index (χ1v) is 8.10. The maximum Gasteiger partial charge on any atom is 0.0574 e. The van der Waals surface area contributed by atoms with Gasteiger partial charge in [0.15, 0.2) is 0 Å². The van der Waals surface area contributed by atoms with Gasteiger partial charge in [0.2, 0.25) is 0 Å². The highest BCUT2D eigenvalue weighted by Crippen LogP contribution is 2.40. The van der Waals surface area contributed by atoms with Crippen LogP contribution in [0.3, 0.4) is 0 Å². The van der Waals surface area contributed by atoms with Crippen LogP contribution in [0.25, 0.3) is 43.4 Å². The zero-order chi connectivity index (χ0) is 15.6. The lowest BCUT2D eigenvalue weighted by Crippen LogP contribution is -1.88. The van der Waals surface area contributed by atoms with Gasteiger partial charge >= 0.3 is 0 Å². The van der Waals surface area contributed by atoms with E-state index in [9.17, 15) is 0 Å². The summed E-state index contributed by atoms with van der Waals surface area (Å²) >= 11 is 6.29. The Labute approximate surface area is 138 Å². The molecular weight excluding hydrogens is 302 g/mol. The molecule has 0 fully saturated rings. The third-order valence-corrected chi connectivity index (χ3v) is 5.07. The number of nitrogens with zero attached hydrogens (tertiary/aromatic N) is 1. The standard InChI is InChI=1S/C21H14ClN/c1-23-19-11-10-13(22)12-18(19)20-16-8-4-2-6-14(16)15-7-3-5-9-17(15)21(20)23/h2-12H,1H3. The molecule has 0 saturated heterocycles. The summed E-state index contributed by atoms with van der Waals surface area (Å²) in [5.41, 5.74) is 2.49. The van der Waals surface area contributed by atoms with Crippen molar-refractivity contribution in [1.82, 2.24) is 4.57 Å². The fourth-order valence-electron chi connectivity index (χ4n) is 3.87. The SMILES string of the molecule is Cn1c2ccc(Cl)cc2c2c3ccccc3c3ccccc3c21. The van der Waals surface area contributed by atoms with Crippen molar-refractivity contribution in [3.63, 3.8) is 0 Å². The van der Waals surface area contributed by atoms with E-state index in [0.29, 0.717) is 0 Å². The lowest BCUT2D eigenvalue weighted by Gasteiger charge is -2.08. The molecule has 110 valence electrons. The van der Waals surface area contributed by atoms with Gasteiger partial charge in [-0.1, -0.05) is 60.1 Å². The van der Waals surface area contributed by atoms with Crippen molar-refractivity contribution in [1.29, 1.82) is 0 Å². The van der Waals surface area contributed by atoms with Gasteiger partial charge in [0.25, 0.3) is 0 Å². The fourth-order valence-corrected chi connectivity index (χ4v) is 4.04. The van der Waals surface area contributed by atoms with Crippen LogP contribution in [0.5, 0.6) is 0 Å². The highest BCUT2D eigenvalue weighted by atomic mass is 35.5. The number of halogens is 1. The maximum absolute atomic E-state index is 6.29. The molecule has 0 N–H and O–H groups in total. The Bertz CT molecular complexity index is 1230. The van der Waals surface area contributed by atoms with Gasteiger partial charge in [-0.3, -0.25) is 0 Å². The van der Waals surface area contributed by atoms with Crippen molar-refractivity contribution in [2.24, 2.45) is 7.05 Å². The molecule has 5 rings (SSSR count). The molecule has 0 aliphatic carbocycles. The summed E-state index contributed by atoms with van der Waals surface area (Å²) in [4.78, 5) is 0. The average Bonchev–Trinajstić information content (AvgIpc) is 2.88. The molecule has 0 amide bonds. The van der Waals surface area contributed by atoms with Crippen molar-refractivity contribution in [3.8, 4) is 0 Å². The van der Waals surface area contributed by atoms with Crippen LogP contribution in [0.2, 0.25) is 5.02 Å². The Hall–Kier alpha value is -2.51. The molecule has 0 aliphatic heterocycles. The summed E-state index contributed by atoms with van der Waals surface area (Å²) in [6, 6.07) is 23.5. The summed E-state index contributed by atoms with van der Waals surface area (Å²) in [5, 5.41) is 8.46. The number of hydrogen-bond donors (Lipinski definition) is 0. The first-order valence-electron chi connectivity index (χ1n) is 7.73. The smallest absolute Gasteiger partial charge is 0.0574 e. The Morgan fingerprint density at radius 1 is 0.696 bits per heavy atom. The molecule has 0 aliphatic rings. The summed E-state index contributed by atoms with van der Waals surface area (Å²) in [7, 11) is 2.14. The number of fused-ring (bicyclic) bond motifs is 8. The summed E-state index contributed by atoms with van der Waals surface area (Å²) < 4.78 is 2.29. The molecule has 4 aromatic carbocycles. The Morgan fingerprint density at radius 2 is 1.30 bits per heavy atom. The number of rotatable bonds is 0. The Morgan fingerprint density at radius 3 is 2.04 bits per heavy atom. The maximum atomic E-state index is 6.29. The van der Waals surface area contributed by atoms with Crippen molar-refractivity contribution in [2.75, 3.05) is 0 Å². The molecule has 23 heavy (non-hydrogen) atoms. The molecule has 1 nitrogen and oxygen atoms in total. The van der Waals surface area contributed by atoms with E-state index in [1.807, 2.05) is 6.07 Å². The lowest BCUT2D eigenvalue weighted by atomic mass is 9.97. The number of benzene rings is 4. The van der Waals surface area contributed by atoms with Gasteiger partial charge in [0.05, 0.1) is 5.52 Å².